The molecule has 0 bridgehead atoms. The summed E-state index contributed by atoms with van der Waals surface area (Å²) in [5, 5.41) is 4.59. The molecule has 6 heteroatoms. The fraction of sp³-hybridized carbons (Fsp3) is 0.600. The van der Waals surface area contributed by atoms with Crippen molar-refractivity contribution in [1.82, 2.24) is 19.6 Å². The number of carbonyl (C=O) groups excluding carboxylic acids is 1. The van der Waals surface area contributed by atoms with E-state index in [1.54, 1.807) is 0 Å². The van der Waals surface area contributed by atoms with Crippen LogP contribution in [-0.4, -0.2) is 50.4 Å². The molecule has 0 radical (unpaired) electrons. The van der Waals surface area contributed by atoms with Crippen molar-refractivity contribution >= 4 is 6.09 Å². The van der Waals surface area contributed by atoms with Crippen molar-refractivity contribution in [2.45, 2.75) is 70.7 Å². The van der Waals surface area contributed by atoms with Crippen LogP contribution < -0.4 is 0 Å². The first kappa shape index (κ1) is 20.6. The lowest BCUT2D eigenvalue weighted by Gasteiger charge is -2.32. The number of hydrogen-bond acceptors (Lipinski definition) is 4. The molecule has 6 nitrogen and oxygen atoms in total. The molecule has 2 heterocycles. The van der Waals surface area contributed by atoms with E-state index < -0.39 is 5.60 Å². The Morgan fingerprint density at radius 1 is 1.23 bits per heavy atom. The van der Waals surface area contributed by atoms with Crippen molar-refractivity contribution in [3.8, 4) is 0 Å². The van der Waals surface area contributed by atoms with Crippen LogP contribution >= 0.6 is 0 Å². The Morgan fingerprint density at radius 2 is 1.97 bits per heavy atom. The molecule has 2 aliphatic carbocycles. The molecule has 166 valence electrons. The summed E-state index contributed by atoms with van der Waals surface area (Å²) in [5.74, 6) is 0.422. The van der Waals surface area contributed by atoms with Crippen molar-refractivity contribution in [3.05, 3.63) is 53.3 Å². The third kappa shape index (κ3) is 4.49. The molecule has 0 N–H and O–H groups in total. The van der Waals surface area contributed by atoms with Crippen molar-refractivity contribution in [2.75, 3.05) is 13.1 Å². The first-order valence-corrected chi connectivity index (χ1v) is 11.5. The van der Waals surface area contributed by atoms with Crippen LogP contribution in [0.5, 0.6) is 0 Å². The van der Waals surface area contributed by atoms with Gasteiger partial charge in [0, 0.05) is 62.4 Å². The average molecular weight is 423 g/mol. The van der Waals surface area contributed by atoms with Crippen LogP contribution in [0.4, 0.5) is 4.79 Å². The van der Waals surface area contributed by atoms with Crippen LogP contribution in [0, 0.1) is 5.41 Å². The van der Waals surface area contributed by atoms with Gasteiger partial charge in [-0.2, -0.15) is 5.10 Å². The lowest BCUT2D eigenvalue weighted by atomic mass is 10.1. The van der Waals surface area contributed by atoms with Gasteiger partial charge in [0.1, 0.15) is 5.60 Å². The maximum absolute atomic E-state index is 13.2. The van der Waals surface area contributed by atoms with Crippen molar-refractivity contribution < 1.29 is 9.53 Å². The summed E-state index contributed by atoms with van der Waals surface area (Å²) in [6.45, 7) is 9.55. The van der Waals surface area contributed by atoms with E-state index in [-0.39, 0.29) is 17.6 Å². The highest BCUT2D eigenvalue weighted by Gasteiger charge is 2.52. The fourth-order valence-corrected chi connectivity index (χ4v) is 5.07. The number of aryl methyl sites for hydroxylation is 1. The second kappa shape index (κ2) is 7.37. The van der Waals surface area contributed by atoms with Gasteiger partial charge in [0.2, 0.25) is 0 Å². The molecular weight excluding hydrogens is 388 g/mol. The Labute approximate surface area is 185 Å². The summed E-state index contributed by atoms with van der Waals surface area (Å²) >= 11 is 0. The van der Waals surface area contributed by atoms with Gasteiger partial charge in [-0.3, -0.25) is 9.58 Å². The molecule has 1 unspecified atom stereocenters. The molecule has 2 fully saturated rings. The number of aromatic nitrogens is 2. The second-order valence-corrected chi connectivity index (χ2v) is 10.8. The maximum Gasteiger partial charge on any atom is 0.410 e. The third-order valence-corrected chi connectivity index (χ3v) is 6.79. The SMILES string of the molecule is Cn1cc2c(n1)CN(CC1(CN(C(=O)OC(C)(C)C)[C@H]3CC3c3ccccc3)CC1)C2. The smallest absolute Gasteiger partial charge is 0.410 e. The number of ether oxygens (including phenoxy) is 1. The van der Waals surface area contributed by atoms with Crippen LogP contribution in [0.3, 0.4) is 0 Å². The third-order valence-electron chi connectivity index (χ3n) is 6.79. The molecule has 1 aromatic carbocycles. The van der Waals surface area contributed by atoms with Gasteiger partial charge in [0.25, 0.3) is 0 Å². The number of benzene rings is 1. The first-order chi connectivity index (χ1) is 14.7. The minimum Gasteiger partial charge on any atom is -0.444 e. The van der Waals surface area contributed by atoms with Gasteiger partial charge in [-0.15, -0.1) is 0 Å². The van der Waals surface area contributed by atoms with Crippen LogP contribution in [0.15, 0.2) is 36.5 Å². The van der Waals surface area contributed by atoms with Crippen LogP contribution in [0.25, 0.3) is 0 Å². The van der Waals surface area contributed by atoms with Gasteiger partial charge >= 0.3 is 6.09 Å². The highest BCUT2D eigenvalue weighted by molar-refractivity contribution is 5.69. The molecule has 0 spiro atoms. The summed E-state index contributed by atoms with van der Waals surface area (Å²) in [5.41, 5.74) is 3.58. The van der Waals surface area contributed by atoms with Gasteiger partial charge in [-0.25, -0.2) is 4.79 Å². The lowest BCUT2D eigenvalue weighted by molar-refractivity contribution is 0.0169. The predicted molar refractivity (Wildman–Crippen MR) is 120 cm³/mol. The first-order valence-electron chi connectivity index (χ1n) is 11.5. The highest BCUT2D eigenvalue weighted by Crippen LogP contribution is 2.52. The van der Waals surface area contributed by atoms with E-state index in [9.17, 15) is 4.79 Å². The standard InChI is InChI=1S/C25H34N4O2/c1-24(2,3)31-23(30)29(22-12-20(22)18-8-6-5-7-9-18)17-25(10-11-25)16-28-14-19-13-27(4)26-21(19)15-28/h5-9,13,20,22H,10-12,14-17H2,1-4H3/t20?,22-/m0/s1. The van der Waals surface area contributed by atoms with E-state index in [1.165, 1.54) is 29.7 Å². The topological polar surface area (TPSA) is 50.6 Å². The normalized spacial score (nSPS) is 24.0. The molecule has 2 atom stereocenters. The minimum atomic E-state index is -0.480. The number of carbonyl (C=O) groups is 1. The average Bonchev–Trinajstić information content (AvgIpc) is 3.56. The quantitative estimate of drug-likeness (QED) is 0.696. The minimum absolute atomic E-state index is 0.158. The molecule has 2 saturated carbocycles. The number of rotatable bonds is 6. The van der Waals surface area contributed by atoms with E-state index in [0.717, 1.165) is 32.6 Å². The lowest BCUT2D eigenvalue weighted by Crippen LogP contribution is -2.44. The highest BCUT2D eigenvalue weighted by atomic mass is 16.6. The monoisotopic (exact) mass is 422 g/mol. The zero-order valence-electron chi connectivity index (χ0n) is 19.2. The fourth-order valence-electron chi connectivity index (χ4n) is 5.07. The van der Waals surface area contributed by atoms with Gasteiger partial charge in [0.15, 0.2) is 0 Å². The van der Waals surface area contributed by atoms with E-state index >= 15 is 0 Å². The number of hydrogen-bond donors (Lipinski definition) is 0. The van der Waals surface area contributed by atoms with Crippen LogP contribution in [0.1, 0.15) is 62.8 Å². The van der Waals surface area contributed by atoms with Crippen molar-refractivity contribution in [2.24, 2.45) is 12.5 Å². The molecule has 1 aliphatic heterocycles. The molecule has 3 aliphatic rings. The summed E-state index contributed by atoms with van der Waals surface area (Å²) in [6.07, 6.45) is 5.36. The zero-order valence-corrected chi connectivity index (χ0v) is 19.2. The van der Waals surface area contributed by atoms with Gasteiger partial charge < -0.3 is 9.64 Å². The predicted octanol–water partition coefficient (Wildman–Crippen LogP) is 4.31. The van der Waals surface area contributed by atoms with E-state index in [2.05, 4.69) is 51.4 Å². The second-order valence-electron chi connectivity index (χ2n) is 10.8. The Morgan fingerprint density at radius 3 is 2.61 bits per heavy atom. The van der Waals surface area contributed by atoms with Gasteiger partial charge in [0.05, 0.1) is 5.69 Å². The van der Waals surface area contributed by atoms with Crippen LogP contribution in [-0.2, 0) is 24.9 Å². The number of nitrogens with zero attached hydrogens (tertiary/aromatic N) is 4. The van der Waals surface area contributed by atoms with Gasteiger partial charge in [-0.1, -0.05) is 30.3 Å². The Kier molecular flexibility index (Phi) is 4.88. The summed E-state index contributed by atoms with van der Waals surface area (Å²) in [4.78, 5) is 17.8. The van der Waals surface area contributed by atoms with E-state index in [4.69, 9.17) is 4.74 Å². The number of amides is 1. The Bertz CT molecular complexity index is 934. The maximum atomic E-state index is 13.2. The molecule has 0 saturated heterocycles. The molecule has 1 aromatic heterocycles. The van der Waals surface area contributed by atoms with E-state index in [1.807, 2.05) is 32.5 Å². The molecule has 1 amide bonds. The largest absolute Gasteiger partial charge is 0.444 e. The van der Waals surface area contributed by atoms with E-state index in [0.29, 0.717) is 5.92 Å². The molecular formula is C25H34N4O2. The Balaban J connectivity index is 1.28. The van der Waals surface area contributed by atoms with Crippen molar-refractivity contribution in [3.63, 3.8) is 0 Å². The van der Waals surface area contributed by atoms with Crippen molar-refractivity contribution in [1.29, 1.82) is 0 Å². The Hall–Kier alpha value is -2.34. The molecule has 31 heavy (non-hydrogen) atoms. The number of fused-ring (bicyclic) bond motifs is 1. The van der Waals surface area contributed by atoms with Gasteiger partial charge in [-0.05, 0) is 45.6 Å². The summed E-state index contributed by atoms with van der Waals surface area (Å²) in [7, 11) is 1.99. The molecule has 2 aromatic rings. The van der Waals surface area contributed by atoms with Crippen LogP contribution in [0.2, 0.25) is 0 Å². The molecule has 5 rings (SSSR count). The summed E-state index contributed by atoms with van der Waals surface area (Å²) < 4.78 is 7.75. The summed E-state index contributed by atoms with van der Waals surface area (Å²) in [6, 6.07) is 10.8. The zero-order chi connectivity index (χ0) is 21.8.